The van der Waals surface area contributed by atoms with Crippen LogP contribution in [0.25, 0.3) is 0 Å². The number of benzene rings is 2. The summed E-state index contributed by atoms with van der Waals surface area (Å²) in [5.41, 5.74) is 2.33. The molecule has 1 heterocycles. The van der Waals surface area contributed by atoms with Gasteiger partial charge in [0.15, 0.2) is 11.5 Å². The number of carbonyl (C=O) groups is 1. The average Bonchev–Trinajstić information content (AvgIpc) is 2.60. The van der Waals surface area contributed by atoms with Crippen molar-refractivity contribution in [2.75, 3.05) is 19.0 Å². The van der Waals surface area contributed by atoms with Crippen molar-refractivity contribution < 1.29 is 14.3 Å². The molecule has 126 valence electrons. The molecule has 0 spiro atoms. The molecule has 1 atom stereocenters. The fourth-order valence-corrected chi connectivity index (χ4v) is 3.20. The van der Waals surface area contributed by atoms with E-state index in [1.165, 1.54) is 0 Å². The van der Waals surface area contributed by atoms with Gasteiger partial charge >= 0.3 is 0 Å². The van der Waals surface area contributed by atoms with E-state index in [-0.39, 0.29) is 12.1 Å². The first-order chi connectivity index (χ1) is 11.6. The van der Waals surface area contributed by atoms with Crippen molar-refractivity contribution in [2.45, 2.75) is 19.5 Å². The fourth-order valence-electron chi connectivity index (χ4n) is 2.62. The maximum Gasteiger partial charge on any atom is 0.255 e. The van der Waals surface area contributed by atoms with Gasteiger partial charge in [0, 0.05) is 5.69 Å². The number of para-hydroxylation sites is 1. The minimum atomic E-state index is -0.335. The Morgan fingerprint density at radius 3 is 2.75 bits per heavy atom. The topological polar surface area (TPSA) is 59.6 Å². The van der Waals surface area contributed by atoms with Crippen LogP contribution in [-0.4, -0.2) is 19.6 Å². The molecule has 24 heavy (non-hydrogen) atoms. The number of anilines is 1. The first-order valence-corrected chi connectivity index (χ1v) is 8.60. The van der Waals surface area contributed by atoms with Crippen molar-refractivity contribution in [2.24, 2.45) is 0 Å². The van der Waals surface area contributed by atoms with Crippen molar-refractivity contribution in [1.82, 2.24) is 5.32 Å². The first-order valence-electron chi connectivity index (χ1n) is 7.80. The maximum absolute atomic E-state index is 12.3. The Morgan fingerprint density at radius 2 is 2.00 bits per heavy atom. The van der Waals surface area contributed by atoms with Crippen molar-refractivity contribution in [3.8, 4) is 11.5 Å². The van der Waals surface area contributed by atoms with Crippen molar-refractivity contribution in [3.63, 3.8) is 0 Å². The van der Waals surface area contributed by atoms with E-state index in [2.05, 4.69) is 26.6 Å². The van der Waals surface area contributed by atoms with Gasteiger partial charge < -0.3 is 20.1 Å². The minimum Gasteiger partial charge on any atom is -0.493 e. The molecule has 5 nitrogen and oxygen atoms in total. The Kier molecular flexibility index (Phi) is 4.94. The number of hydrogen-bond donors (Lipinski definition) is 2. The number of nitrogens with one attached hydrogen (secondary N) is 2. The number of carbonyl (C=O) groups excluding carboxylic acids is 1. The highest BCUT2D eigenvalue weighted by molar-refractivity contribution is 9.10. The van der Waals surface area contributed by atoms with Gasteiger partial charge in [-0.05, 0) is 52.2 Å². The van der Waals surface area contributed by atoms with E-state index in [4.69, 9.17) is 9.47 Å². The fraction of sp³-hybridized carbons (Fsp3) is 0.278. The largest absolute Gasteiger partial charge is 0.493 e. The summed E-state index contributed by atoms with van der Waals surface area (Å²) >= 11 is 3.54. The van der Waals surface area contributed by atoms with Crippen molar-refractivity contribution in [1.29, 1.82) is 0 Å². The number of hydrogen-bond acceptors (Lipinski definition) is 4. The molecule has 6 heteroatoms. The van der Waals surface area contributed by atoms with Crippen LogP contribution in [0.4, 0.5) is 5.69 Å². The summed E-state index contributed by atoms with van der Waals surface area (Å²) in [5, 5.41) is 6.30. The molecule has 0 saturated carbocycles. The number of methoxy groups -OCH3 is 1. The predicted molar refractivity (Wildman–Crippen MR) is 96.8 cm³/mol. The second-order valence-electron chi connectivity index (χ2n) is 5.48. The molecule has 0 aromatic heterocycles. The summed E-state index contributed by atoms with van der Waals surface area (Å²) in [4.78, 5) is 12.3. The van der Waals surface area contributed by atoms with E-state index in [1.807, 2.05) is 37.3 Å². The van der Waals surface area contributed by atoms with E-state index in [0.717, 1.165) is 22.1 Å². The van der Waals surface area contributed by atoms with Gasteiger partial charge in [0.05, 0.1) is 23.8 Å². The molecule has 0 radical (unpaired) electrons. The highest BCUT2D eigenvalue weighted by atomic mass is 79.9. The van der Waals surface area contributed by atoms with Crippen LogP contribution >= 0.6 is 15.9 Å². The molecular weight excluding hydrogens is 372 g/mol. The zero-order valence-electron chi connectivity index (χ0n) is 13.6. The van der Waals surface area contributed by atoms with E-state index < -0.39 is 0 Å². The lowest BCUT2D eigenvalue weighted by Crippen LogP contribution is -2.38. The van der Waals surface area contributed by atoms with E-state index in [0.29, 0.717) is 23.7 Å². The Labute approximate surface area is 149 Å². The number of halogens is 1. The number of fused-ring (bicyclic) bond motifs is 1. The Balaban J connectivity index is 1.93. The lowest BCUT2D eigenvalue weighted by Gasteiger charge is -2.28. The molecule has 1 amide bonds. The van der Waals surface area contributed by atoms with E-state index in [1.54, 1.807) is 13.2 Å². The van der Waals surface area contributed by atoms with Gasteiger partial charge in [0.2, 0.25) is 0 Å². The van der Waals surface area contributed by atoms with Gasteiger partial charge in [-0.2, -0.15) is 0 Å². The van der Waals surface area contributed by atoms with Crippen LogP contribution in [0.15, 0.2) is 40.9 Å². The molecule has 2 aromatic carbocycles. The average molecular weight is 391 g/mol. The molecule has 0 unspecified atom stereocenters. The Bertz CT molecular complexity index is 764. The molecule has 0 aliphatic carbocycles. The molecule has 0 fully saturated rings. The standard InChI is InChI=1S/C18H19BrN2O3/c1-3-8-24-16-13(19)9-11(10-15(16)23-2)17-20-14-7-5-4-6-12(14)18(22)21-17/h4-7,9-10,17,20H,3,8H2,1-2H3,(H,21,22)/t17-/m0/s1. The van der Waals surface area contributed by atoms with Crippen molar-refractivity contribution >= 4 is 27.5 Å². The summed E-state index contributed by atoms with van der Waals surface area (Å²) in [7, 11) is 1.60. The van der Waals surface area contributed by atoms with Crippen LogP contribution in [0, 0.1) is 0 Å². The normalized spacial score (nSPS) is 16.0. The van der Waals surface area contributed by atoms with Gasteiger partial charge in [-0.25, -0.2) is 0 Å². The Morgan fingerprint density at radius 1 is 1.21 bits per heavy atom. The van der Waals surface area contributed by atoms with E-state index >= 15 is 0 Å². The van der Waals surface area contributed by atoms with Crippen LogP contribution in [0.5, 0.6) is 11.5 Å². The molecule has 0 saturated heterocycles. The molecule has 0 bridgehead atoms. The molecule has 1 aliphatic heterocycles. The van der Waals surface area contributed by atoms with Crippen LogP contribution in [-0.2, 0) is 0 Å². The summed E-state index contributed by atoms with van der Waals surface area (Å²) in [6.07, 6.45) is 0.576. The van der Waals surface area contributed by atoms with Gasteiger partial charge in [0.1, 0.15) is 6.17 Å². The van der Waals surface area contributed by atoms with Crippen LogP contribution in [0.3, 0.4) is 0 Å². The van der Waals surface area contributed by atoms with Crippen LogP contribution in [0.2, 0.25) is 0 Å². The van der Waals surface area contributed by atoms with Crippen molar-refractivity contribution in [3.05, 3.63) is 52.0 Å². The summed E-state index contributed by atoms with van der Waals surface area (Å²) < 4.78 is 12.0. The summed E-state index contributed by atoms with van der Waals surface area (Å²) in [5.74, 6) is 1.20. The molecule has 2 N–H and O–H groups in total. The van der Waals surface area contributed by atoms with Gasteiger partial charge in [-0.1, -0.05) is 19.1 Å². The Hall–Kier alpha value is -2.21. The third-order valence-electron chi connectivity index (χ3n) is 3.78. The molecule has 3 rings (SSSR count). The predicted octanol–water partition coefficient (Wildman–Crippen LogP) is 4.10. The van der Waals surface area contributed by atoms with Crippen LogP contribution in [0.1, 0.15) is 35.4 Å². The second kappa shape index (κ2) is 7.13. The second-order valence-corrected chi connectivity index (χ2v) is 6.33. The minimum absolute atomic E-state index is 0.101. The lowest BCUT2D eigenvalue weighted by molar-refractivity contribution is 0.0935. The van der Waals surface area contributed by atoms with Gasteiger partial charge in [-0.15, -0.1) is 0 Å². The maximum atomic E-state index is 12.3. The first kappa shape index (κ1) is 16.6. The lowest BCUT2D eigenvalue weighted by atomic mass is 10.1. The SMILES string of the molecule is CCCOc1c(Br)cc([C@@H]2NC(=O)c3ccccc3N2)cc1OC. The zero-order chi connectivity index (χ0) is 17.1. The number of amides is 1. The quantitative estimate of drug-likeness (QED) is 0.806. The number of ether oxygens (including phenoxy) is 2. The number of rotatable bonds is 5. The monoisotopic (exact) mass is 390 g/mol. The third kappa shape index (κ3) is 3.19. The highest BCUT2D eigenvalue weighted by Crippen LogP contribution is 2.39. The smallest absolute Gasteiger partial charge is 0.255 e. The van der Waals surface area contributed by atoms with Crippen LogP contribution < -0.4 is 20.1 Å². The zero-order valence-corrected chi connectivity index (χ0v) is 15.1. The van der Waals surface area contributed by atoms with E-state index in [9.17, 15) is 4.79 Å². The summed E-state index contributed by atoms with van der Waals surface area (Å²) in [6.45, 7) is 2.66. The molecule has 2 aromatic rings. The highest BCUT2D eigenvalue weighted by Gasteiger charge is 2.25. The molecular formula is C18H19BrN2O3. The van der Waals surface area contributed by atoms with Gasteiger partial charge in [0.25, 0.3) is 5.91 Å². The third-order valence-corrected chi connectivity index (χ3v) is 4.37. The van der Waals surface area contributed by atoms with Gasteiger partial charge in [-0.3, -0.25) is 4.79 Å². The molecule has 1 aliphatic rings. The summed E-state index contributed by atoms with van der Waals surface area (Å²) in [6, 6.07) is 11.2.